The second-order valence-corrected chi connectivity index (χ2v) is 24.8. The van der Waals surface area contributed by atoms with E-state index >= 15 is 0 Å². The molecule has 0 bridgehead atoms. The molecule has 0 unspecified atom stereocenters. The zero-order chi connectivity index (χ0) is 61.2. The van der Waals surface area contributed by atoms with E-state index in [1.54, 1.807) is 0 Å². The van der Waals surface area contributed by atoms with Crippen molar-refractivity contribution >= 4 is 175 Å². The third-order valence-electron chi connectivity index (χ3n) is 20.2. The van der Waals surface area contributed by atoms with Crippen molar-refractivity contribution in [2.24, 2.45) is 0 Å². The van der Waals surface area contributed by atoms with Crippen LogP contribution in [0.1, 0.15) is 5.56 Å². The molecule has 22 aromatic rings. The van der Waals surface area contributed by atoms with E-state index in [1.165, 1.54) is 0 Å². The Balaban J connectivity index is 1.05. The zero-order valence-corrected chi connectivity index (χ0v) is 49.8. The van der Waals surface area contributed by atoms with E-state index in [4.69, 9.17) is 17.7 Å². The molecule has 0 spiro atoms. The first kappa shape index (κ1) is 49.8. The first-order valence-electron chi connectivity index (χ1n) is 31.7. The number of hydrogen-bond donors (Lipinski definition) is 0. The molecule has 0 aliphatic carbocycles. The van der Waals surface area contributed by atoms with Gasteiger partial charge in [-0.2, -0.15) is 5.26 Å². The molecule has 434 valence electrons. The van der Waals surface area contributed by atoms with E-state index < -0.39 is 0 Å². The van der Waals surface area contributed by atoms with Gasteiger partial charge in [0.15, 0.2) is 0 Å². The molecule has 9 heteroatoms. The molecule has 8 aromatic heterocycles. The van der Waals surface area contributed by atoms with E-state index in [0.717, 1.165) is 197 Å². The van der Waals surface area contributed by atoms with Crippen molar-refractivity contribution in [3.05, 3.63) is 279 Å². The molecule has 8 heterocycles. The molecular weight excluding hydrogens is 1150 g/mol. The van der Waals surface area contributed by atoms with E-state index in [-0.39, 0.29) is 0 Å². The van der Waals surface area contributed by atoms with E-state index in [0.29, 0.717) is 16.9 Å². The van der Waals surface area contributed by atoms with Crippen LogP contribution < -0.4 is 0 Å². The summed E-state index contributed by atoms with van der Waals surface area (Å²) < 4.78 is 37.9. The fourth-order valence-electron chi connectivity index (χ4n) is 16.5. The highest BCUT2D eigenvalue weighted by atomic mass is 16.3. The topological polar surface area (TPSA) is 96.1 Å². The zero-order valence-electron chi connectivity index (χ0n) is 49.8. The Morgan fingerprint density at radius 1 is 0.223 bits per heavy atom. The SMILES string of the molecule is N#Cc1c(-n2c3ccccc3c3c4oc5ccccc5c4ccc32)c(-n2c3ccccc3c3c4oc5ccccc5c4ccc32)c(-c2ccccc2)c(-n2c3ccccc3c3c4oc5ccccc5c4ccc32)c1-n1c2ccccc2c2c3oc4ccccc4c3ccc21. The van der Waals surface area contributed by atoms with Gasteiger partial charge in [0, 0.05) is 70.2 Å². The van der Waals surface area contributed by atoms with Gasteiger partial charge in [0.2, 0.25) is 0 Å². The van der Waals surface area contributed by atoms with Gasteiger partial charge in [0.25, 0.3) is 0 Å². The van der Waals surface area contributed by atoms with Gasteiger partial charge >= 0.3 is 0 Å². The predicted octanol–water partition coefficient (Wildman–Crippen LogP) is 23.2. The first-order valence-corrected chi connectivity index (χ1v) is 31.7. The van der Waals surface area contributed by atoms with Crippen LogP contribution in [0.4, 0.5) is 0 Å². The van der Waals surface area contributed by atoms with Crippen molar-refractivity contribution in [3.63, 3.8) is 0 Å². The molecular formula is C85H45N5O4. The lowest BCUT2D eigenvalue weighted by atomic mass is 9.93. The van der Waals surface area contributed by atoms with E-state index in [9.17, 15) is 5.26 Å². The van der Waals surface area contributed by atoms with Gasteiger partial charge in [0.1, 0.15) is 56.3 Å². The molecule has 0 aliphatic rings. The number of fused-ring (bicyclic) bond motifs is 28. The van der Waals surface area contributed by atoms with Crippen molar-refractivity contribution in [2.45, 2.75) is 0 Å². The molecule has 0 N–H and O–H groups in total. The Labute approximate surface area is 531 Å². The summed E-state index contributed by atoms with van der Waals surface area (Å²) in [4.78, 5) is 0. The molecule has 0 fully saturated rings. The van der Waals surface area contributed by atoms with Gasteiger partial charge in [-0.1, -0.05) is 176 Å². The fraction of sp³-hybridized carbons (Fsp3) is 0. The number of benzene rings is 14. The predicted molar refractivity (Wildman–Crippen MR) is 383 cm³/mol. The summed E-state index contributed by atoms with van der Waals surface area (Å²) in [7, 11) is 0. The van der Waals surface area contributed by atoms with Gasteiger partial charge in [0.05, 0.1) is 88.4 Å². The van der Waals surface area contributed by atoms with Crippen molar-refractivity contribution < 1.29 is 17.7 Å². The molecule has 0 saturated heterocycles. The minimum atomic E-state index is 0.427. The minimum absolute atomic E-state index is 0.427. The van der Waals surface area contributed by atoms with Crippen LogP contribution in [0.2, 0.25) is 0 Å². The maximum absolute atomic E-state index is 13.5. The highest BCUT2D eigenvalue weighted by molar-refractivity contribution is 6.29. The molecule has 0 atom stereocenters. The van der Waals surface area contributed by atoms with Crippen molar-refractivity contribution in [1.29, 1.82) is 5.26 Å². The Hall–Kier alpha value is -13.0. The normalized spacial score (nSPS) is 12.5. The molecule has 0 radical (unpaired) electrons. The van der Waals surface area contributed by atoms with Gasteiger partial charge < -0.3 is 35.9 Å². The average Bonchev–Trinajstić information content (AvgIpc) is 1.66. The number of hydrogen-bond acceptors (Lipinski definition) is 5. The van der Waals surface area contributed by atoms with Crippen LogP contribution in [0, 0.1) is 11.3 Å². The van der Waals surface area contributed by atoms with Crippen LogP contribution in [0.3, 0.4) is 0 Å². The van der Waals surface area contributed by atoms with Crippen LogP contribution >= 0.6 is 0 Å². The highest BCUT2D eigenvalue weighted by Crippen LogP contribution is 2.55. The summed E-state index contributed by atoms with van der Waals surface area (Å²) in [6.07, 6.45) is 0. The van der Waals surface area contributed by atoms with Crippen LogP contribution in [-0.4, -0.2) is 18.3 Å². The van der Waals surface area contributed by atoms with Gasteiger partial charge in [-0.25, -0.2) is 0 Å². The summed E-state index contributed by atoms with van der Waals surface area (Å²) in [6.45, 7) is 0. The maximum Gasteiger partial charge on any atom is 0.145 e. The lowest BCUT2D eigenvalue weighted by Gasteiger charge is -2.29. The number of rotatable bonds is 5. The van der Waals surface area contributed by atoms with E-state index in [1.807, 2.05) is 36.4 Å². The summed E-state index contributed by atoms with van der Waals surface area (Å²) >= 11 is 0. The summed E-state index contributed by atoms with van der Waals surface area (Å²) in [6, 6.07) is 99.4. The van der Waals surface area contributed by atoms with Crippen molar-refractivity contribution in [2.75, 3.05) is 0 Å². The van der Waals surface area contributed by atoms with Gasteiger partial charge in [-0.3, -0.25) is 0 Å². The lowest BCUT2D eigenvalue weighted by Crippen LogP contribution is -2.16. The third-order valence-corrected chi connectivity index (χ3v) is 20.2. The number of furan rings is 4. The largest absolute Gasteiger partial charge is 0.455 e. The second-order valence-electron chi connectivity index (χ2n) is 24.8. The third kappa shape index (κ3) is 6.26. The smallest absolute Gasteiger partial charge is 0.145 e. The molecule has 0 saturated carbocycles. The Morgan fingerprint density at radius 2 is 0.479 bits per heavy atom. The summed E-state index contributed by atoms with van der Waals surface area (Å²) in [5, 5.41) is 29.5. The fourth-order valence-corrected chi connectivity index (χ4v) is 16.5. The van der Waals surface area contributed by atoms with Crippen molar-refractivity contribution in [3.8, 4) is 39.9 Å². The molecule has 9 nitrogen and oxygen atoms in total. The van der Waals surface area contributed by atoms with Crippen LogP contribution in [0.15, 0.2) is 291 Å². The molecule has 22 rings (SSSR count). The maximum atomic E-state index is 13.5. The summed E-state index contributed by atoms with van der Waals surface area (Å²) in [5.41, 5.74) is 18.7. The van der Waals surface area contributed by atoms with Crippen LogP contribution in [0.25, 0.3) is 209 Å². The number of nitriles is 1. The molecule has 0 aliphatic heterocycles. The number of aromatic nitrogens is 4. The average molecular weight is 1200 g/mol. The summed E-state index contributed by atoms with van der Waals surface area (Å²) in [5.74, 6) is 0. The monoisotopic (exact) mass is 1200 g/mol. The minimum Gasteiger partial charge on any atom is -0.455 e. The quantitative estimate of drug-likeness (QED) is 0.171. The standard InChI is InChI=1S/C85H45N5O4/c86-46-60-78(87-61-30-12-4-26-56(61)74-65(87)42-38-52-48-22-8-16-34-69(48)91-82(52)74)80(89-63-32-14-6-28-58(63)76-67(89)44-40-54-50-24-10-18-36-71(50)93-84(54)76)73(47-20-2-1-3-21-47)81(90-64-33-15-7-29-59(64)77-68(90)45-41-55-51-25-11-19-37-72(51)94-85(55)77)79(60)88-62-31-13-5-27-57(62)75-66(88)43-39-53-49-23-9-17-35-70(49)92-83(53)75/h1-45H. The Morgan fingerprint density at radius 3 is 0.777 bits per heavy atom. The van der Waals surface area contributed by atoms with Gasteiger partial charge in [-0.15, -0.1) is 0 Å². The molecule has 14 aromatic carbocycles. The van der Waals surface area contributed by atoms with E-state index in [2.05, 4.69) is 261 Å². The van der Waals surface area contributed by atoms with Gasteiger partial charge in [-0.05, 0) is 103 Å². The molecule has 0 amide bonds. The lowest BCUT2D eigenvalue weighted by molar-refractivity contribution is 0.672. The van der Waals surface area contributed by atoms with Crippen molar-refractivity contribution in [1.82, 2.24) is 18.3 Å². The van der Waals surface area contributed by atoms with Crippen LogP contribution in [0.5, 0.6) is 0 Å². The Kier molecular flexibility index (Phi) is 9.59. The molecule has 94 heavy (non-hydrogen) atoms. The second kappa shape index (κ2) is 18.1. The highest BCUT2D eigenvalue weighted by Gasteiger charge is 2.37. The number of para-hydroxylation sites is 8. The number of nitrogens with zero attached hydrogens (tertiary/aromatic N) is 5. The van der Waals surface area contributed by atoms with Crippen LogP contribution in [-0.2, 0) is 0 Å². The first-order chi connectivity index (χ1) is 46.7. The Bertz CT molecular complexity index is 6790.